The Morgan fingerprint density at radius 3 is 2.65 bits per heavy atom. The number of aromatic nitrogens is 2. The van der Waals surface area contributed by atoms with Crippen molar-refractivity contribution in [3.05, 3.63) is 48.0 Å². The van der Waals surface area contributed by atoms with Crippen molar-refractivity contribution < 1.29 is 14.7 Å². The molecule has 0 radical (unpaired) electrons. The number of nitrogens with zero attached hydrogens (tertiary/aromatic N) is 2. The summed E-state index contributed by atoms with van der Waals surface area (Å²) < 4.78 is 0. The lowest BCUT2D eigenvalue weighted by atomic mass is 10.1. The van der Waals surface area contributed by atoms with Gasteiger partial charge >= 0.3 is 5.97 Å². The molecule has 0 unspecified atom stereocenters. The Kier molecular flexibility index (Phi) is 4.05. The summed E-state index contributed by atoms with van der Waals surface area (Å²) in [4.78, 5) is 30.2. The Hall–Kier alpha value is -2.76. The average Bonchev–Trinajstić information content (AvgIpc) is 2.45. The molecule has 0 aliphatic carbocycles. The molecule has 0 aliphatic heterocycles. The van der Waals surface area contributed by atoms with E-state index in [2.05, 4.69) is 15.3 Å². The topological polar surface area (TPSA) is 92.2 Å². The zero-order valence-electron chi connectivity index (χ0n) is 10.8. The summed E-state index contributed by atoms with van der Waals surface area (Å²) in [6, 6.07) is 7.06. The first-order valence-electron chi connectivity index (χ1n) is 5.96. The number of pyridine rings is 2. The fourth-order valence-corrected chi connectivity index (χ4v) is 1.72. The fraction of sp³-hybridized carbons (Fsp3) is 0.143. The number of rotatable bonds is 4. The van der Waals surface area contributed by atoms with Crippen LogP contribution in [0.3, 0.4) is 0 Å². The number of nitrogens with one attached hydrogen (secondary N) is 1. The van der Waals surface area contributed by atoms with Crippen LogP contribution in [0.1, 0.15) is 16.2 Å². The smallest absolute Gasteiger partial charge is 0.322 e. The first-order chi connectivity index (χ1) is 9.58. The molecule has 0 aliphatic rings. The van der Waals surface area contributed by atoms with Crippen molar-refractivity contribution in [1.82, 2.24) is 15.3 Å². The van der Waals surface area contributed by atoms with Gasteiger partial charge in [0.25, 0.3) is 5.91 Å². The third-order valence-corrected chi connectivity index (χ3v) is 2.71. The van der Waals surface area contributed by atoms with Crippen molar-refractivity contribution in [3.8, 4) is 11.1 Å². The first-order valence-corrected chi connectivity index (χ1v) is 5.96. The zero-order valence-corrected chi connectivity index (χ0v) is 10.8. The Balaban J connectivity index is 2.16. The second kappa shape index (κ2) is 5.92. The SMILES string of the molecule is Cc1ncccc1-c1ccc(C(=O)NCC(=O)O)nc1. The quantitative estimate of drug-likeness (QED) is 0.873. The highest BCUT2D eigenvalue weighted by atomic mass is 16.4. The van der Waals surface area contributed by atoms with E-state index in [9.17, 15) is 9.59 Å². The number of carboxylic acid groups (broad SMARTS) is 1. The standard InChI is InChI=1S/C14H13N3O3/c1-9-11(3-2-6-15-9)10-4-5-12(16-7-10)14(20)17-8-13(18)19/h2-7H,8H2,1H3,(H,17,20)(H,18,19). The Morgan fingerprint density at radius 1 is 1.25 bits per heavy atom. The van der Waals surface area contributed by atoms with Gasteiger partial charge in [-0.1, -0.05) is 12.1 Å². The lowest BCUT2D eigenvalue weighted by molar-refractivity contribution is -0.135. The molecule has 0 bridgehead atoms. The van der Waals surface area contributed by atoms with Gasteiger partial charge in [-0.15, -0.1) is 0 Å². The molecule has 2 heterocycles. The lowest BCUT2D eigenvalue weighted by Gasteiger charge is -2.06. The molecule has 0 spiro atoms. The molecule has 6 heteroatoms. The monoisotopic (exact) mass is 271 g/mol. The zero-order chi connectivity index (χ0) is 14.5. The van der Waals surface area contributed by atoms with Gasteiger partial charge in [0.05, 0.1) is 0 Å². The number of carbonyl (C=O) groups excluding carboxylic acids is 1. The molecule has 102 valence electrons. The minimum atomic E-state index is -1.10. The van der Waals surface area contributed by atoms with Crippen molar-refractivity contribution in [1.29, 1.82) is 0 Å². The second-order valence-corrected chi connectivity index (χ2v) is 4.14. The first kappa shape index (κ1) is 13.7. The minimum absolute atomic E-state index is 0.177. The molecule has 2 rings (SSSR count). The normalized spacial score (nSPS) is 10.1. The van der Waals surface area contributed by atoms with Gasteiger partial charge in [0.1, 0.15) is 12.2 Å². The third-order valence-electron chi connectivity index (χ3n) is 2.71. The molecule has 0 fully saturated rings. The van der Waals surface area contributed by atoms with Crippen LogP contribution < -0.4 is 5.32 Å². The third kappa shape index (κ3) is 3.17. The molecule has 2 aromatic rings. The van der Waals surface area contributed by atoms with Crippen LogP contribution in [0.25, 0.3) is 11.1 Å². The van der Waals surface area contributed by atoms with E-state index < -0.39 is 18.4 Å². The Morgan fingerprint density at radius 2 is 2.05 bits per heavy atom. The van der Waals surface area contributed by atoms with Crippen LogP contribution in [-0.4, -0.2) is 33.5 Å². The van der Waals surface area contributed by atoms with Crippen LogP contribution in [0.4, 0.5) is 0 Å². The minimum Gasteiger partial charge on any atom is -0.480 e. The summed E-state index contributed by atoms with van der Waals surface area (Å²) in [6.07, 6.45) is 3.28. The highest BCUT2D eigenvalue weighted by molar-refractivity contribution is 5.94. The summed E-state index contributed by atoms with van der Waals surface area (Å²) >= 11 is 0. The summed E-state index contributed by atoms with van der Waals surface area (Å²) in [7, 11) is 0. The van der Waals surface area contributed by atoms with Crippen LogP contribution in [0.5, 0.6) is 0 Å². The number of aryl methyl sites for hydroxylation is 1. The predicted octanol–water partition coefficient (Wildman–Crippen LogP) is 1.27. The predicted molar refractivity (Wildman–Crippen MR) is 72.2 cm³/mol. The molecule has 1 amide bonds. The van der Waals surface area contributed by atoms with Gasteiger partial charge < -0.3 is 10.4 Å². The molecule has 0 atom stereocenters. The van der Waals surface area contributed by atoms with E-state index in [1.54, 1.807) is 24.5 Å². The van der Waals surface area contributed by atoms with Crippen molar-refractivity contribution >= 4 is 11.9 Å². The van der Waals surface area contributed by atoms with Gasteiger partial charge in [-0.25, -0.2) is 0 Å². The number of aliphatic carboxylic acids is 1. The van der Waals surface area contributed by atoms with Gasteiger partial charge in [-0.2, -0.15) is 0 Å². The van der Waals surface area contributed by atoms with Crippen LogP contribution in [0, 0.1) is 6.92 Å². The molecule has 6 nitrogen and oxygen atoms in total. The molecular weight excluding hydrogens is 258 g/mol. The highest BCUT2D eigenvalue weighted by Gasteiger charge is 2.09. The van der Waals surface area contributed by atoms with Crippen molar-refractivity contribution in [3.63, 3.8) is 0 Å². The molecule has 2 aromatic heterocycles. The van der Waals surface area contributed by atoms with E-state index in [0.29, 0.717) is 0 Å². The maximum atomic E-state index is 11.6. The molecule has 2 N–H and O–H groups in total. The van der Waals surface area contributed by atoms with E-state index in [1.807, 2.05) is 19.1 Å². The van der Waals surface area contributed by atoms with Crippen LogP contribution in [-0.2, 0) is 4.79 Å². The van der Waals surface area contributed by atoms with Gasteiger partial charge in [0.15, 0.2) is 0 Å². The Labute approximate surface area is 115 Å². The van der Waals surface area contributed by atoms with E-state index in [1.165, 1.54) is 0 Å². The number of carboxylic acids is 1. The number of hydrogen-bond acceptors (Lipinski definition) is 4. The molecule has 0 saturated heterocycles. The van der Waals surface area contributed by atoms with Gasteiger partial charge in [-0.3, -0.25) is 19.6 Å². The molecule has 0 saturated carbocycles. The van der Waals surface area contributed by atoms with Crippen LogP contribution >= 0.6 is 0 Å². The van der Waals surface area contributed by atoms with Gasteiger partial charge in [0.2, 0.25) is 0 Å². The van der Waals surface area contributed by atoms with E-state index in [4.69, 9.17) is 5.11 Å². The molecular formula is C14H13N3O3. The number of amides is 1. The molecule has 20 heavy (non-hydrogen) atoms. The number of carbonyl (C=O) groups is 2. The highest BCUT2D eigenvalue weighted by Crippen LogP contribution is 2.20. The fourth-order valence-electron chi connectivity index (χ4n) is 1.72. The van der Waals surface area contributed by atoms with Gasteiger partial charge in [-0.05, 0) is 19.1 Å². The van der Waals surface area contributed by atoms with Crippen molar-refractivity contribution in [2.24, 2.45) is 0 Å². The summed E-state index contributed by atoms with van der Waals surface area (Å²) in [5.41, 5.74) is 2.84. The van der Waals surface area contributed by atoms with Crippen molar-refractivity contribution in [2.75, 3.05) is 6.54 Å². The summed E-state index contributed by atoms with van der Waals surface area (Å²) in [5, 5.41) is 10.7. The average molecular weight is 271 g/mol. The second-order valence-electron chi connectivity index (χ2n) is 4.14. The van der Waals surface area contributed by atoms with Gasteiger partial charge in [0, 0.05) is 29.2 Å². The number of hydrogen-bond donors (Lipinski definition) is 2. The van der Waals surface area contributed by atoms with Crippen LogP contribution in [0.2, 0.25) is 0 Å². The summed E-state index contributed by atoms with van der Waals surface area (Å²) in [6.45, 7) is 1.47. The van der Waals surface area contributed by atoms with E-state index in [0.717, 1.165) is 16.8 Å². The van der Waals surface area contributed by atoms with E-state index >= 15 is 0 Å². The maximum absolute atomic E-state index is 11.6. The van der Waals surface area contributed by atoms with Crippen molar-refractivity contribution in [2.45, 2.75) is 6.92 Å². The molecule has 0 aromatic carbocycles. The van der Waals surface area contributed by atoms with E-state index in [-0.39, 0.29) is 5.69 Å². The largest absolute Gasteiger partial charge is 0.480 e. The maximum Gasteiger partial charge on any atom is 0.322 e. The van der Waals surface area contributed by atoms with Crippen LogP contribution in [0.15, 0.2) is 36.7 Å². The lowest BCUT2D eigenvalue weighted by Crippen LogP contribution is -2.29. The summed E-state index contributed by atoms with van der Waals surface area (Å²) in [5.74, 6) is -1.61. The Bertz CT molecular complexity index is 638.